The van der Waals surface area contributed by atoms with Crippen LogP contribution < -0.4 is 10.5 Å². The number of carbonyl (C=O) groups is 1. The summed E-state index contributed by atoms with van der Waals surface area (Å²) >= 11 is 0. The number of hydrogen-bond donors (Lipinski definition) is 1. The van der Waals surface area contributed by atoms with Gasteiger partial charge in [0.05, 0.1) is 6.61 Å². The summed E-state index contributed by atoms with van der Waals surface area (Å²) in [6.45, 7) is 7.63. The third-order valence-electron chi connectivity index (χ3n) is 3.69. The van der Waals surface area contributed by atoms with E-state index in [1.807, 2.05) is 31.2 Å². The van der Waals surface area contributed by atoms with E-state index in [2.05, 4.69) is 13.8 Å². The Hall–Kier alpha value is -1.35. The zero-order chi connectivity index (χ0) is 15.0. The number of ketones is 1. The highest BCUT2D eigenvalue weighted by molar-refractivity contribution is 5.96. The second-order valence-corrected chi connectivity index (χ2v) is 5.50. The van der Waals surface area contributed by atoms with Gasteiger partial charge in [0.25, 0.3) is 0 Å². The van der Waals surface area contributed by atoms with Crippen LogP contribution in [0.15, 0.2) is 24.3 Å². The Bertz CT molecular complexity index is 415. The molecule has 2 N–H and O–H groups in total. The van der Waals surface area contributed by atoms with E-state index in [0.717, 1.165) is 24.2 Å². The predicted molar refractivity (Wildman–Crippen MR) is 83.2 cm³/mol. The highest BCUT2D eigenvalue weighted by Crippen LogP contribution is 2.22. The number of Topliss-reactive ketones (excluding diaryl/α,β-unsaturated/α-hetero) is 1. The van der Waals surface area contributed by atoms with Gasteiger partial charge in [-0.1, -0.05) is 26.0 Å². The lowest BCUT2D eigenvalue weighted by atomic mass is 9.87. The number of rotatable bonds is 9. The lowest BCUT2D eigenvalue weighted by Gasteiger charge is -2.19. The Kier molecular flexibility index (Phi) is 7.31. The molecule has 0 aromatic heterocycles. The lowest BCUT2D eigenvalue weighted by molar-refractivity contribution is 0.0968. The molecule has 0 radical (unpaired) electrons. The molecule has 0 saturated heterocycles. The van der Waals surface area contributed by atoms with Crippen molar-refractivity contribution < 1.29 is 9.53 Å². The van der Waals surface area contributed by atoms with Crippen LogP contribution in [-0.4, -0.2) is 18.9 Å². The summed E-state index contributed by atoms with van der Waals surface area (Å²) in [6.07, 6.45) is 2.48. The van der Waals surface area contributed by atoms with Crippen molar-refractivity contribution in [2.75, 3.05) is 13.2 Å². The summed E-state index contributed by atoms with van der Waals surface area (Å²) in [6, 6.07) is 7.45. The molecule has 0 aliphatic rings. The molecule has 1 rings (SSSR count). The largest absolute Gasteiger partial charge is 0.494 e. The molecule has 0 aliphatic carbocycles. The molecule has 0 amide bonds. The molecular weight excluding hydrogens is 250 g/mol. The maximum absolute atomic E-state index is 12.2. The van der Waals surface area contributed by atoms with Gasteiger partial charge >= 0.3 is 0 Å². The van der Waals surface area contributed by atoms with Crippen molar-refractivity contribution in [1.29, 1.82) is 0 Å². The van der Waals surface area contributed by atoms with Crippen molar-refractivity contribution in [2.24, 2.45) is 17.6 Å². The van der Waals surface area contributed by atoms with Gasteiger partial charge < -0.3 is 10.5 Å². The SMILES string of the molecule is CCOc1cccc(C(=O)CCC(CCN)C(C)C)c1. The van der Waals surface area contributed by atoms with Gasteiger partial charge in [0, 0.05) is 12.0 Å². The van der Waals surface area contributed by atoms with Crippen LogP contribution in [0.2, 0.25) is 0 Å². The van der Waals surface area contributed by atoms with E-state index in [4.69, 9.17) is 10.5 Å². The first-order chi connectivity index (χ1) is 9.58. The van der Waals surface area contributed by atoms with E-state index in [9.17, 15) is 4.79 Å². The third kappa shape index (κ3) is 5.33. The summed E-state index contributed by atoms with van der Waals surface area (Å²) in [5.41, 5.74) is 6.38. The van der Waals surface area contributed by atoms with Crippen LogP contribution in [0, 0.1) is 11.8 Å². The first-order valence-corrected chi connectivity index (χ1v) is 7.54. The van der Waals surface area contributed by atoms with Crippen molar-refractivity contribution in [3.05, 3.63) is 29.8 Å². The molecule has 1 atom stereocenters. The smallest absolute Gasteiger partial charge is 0.163 e. The van der Waals surface area contributed by atoms with Gasteiger partial charge in [-0.15, -0.1) is 0 Å². The van der Waals surface area contributed by atoms with Crippen molar-refractivity contribution in [3.63, 3.8) is 0 Å². The van der Waals surface area contributed by atoms with E-state index < -0.39 is 0 Å². The Morgan fingerprint density at radius 2 is 2.05 bits per heavy atom. The van der Waals surface area contributed by atoms with E-state index in [-0.39, 0.29) is 5.78 Å². The lowest BCUT2D eigenvalue weighted by Crippen LogP contribution is -2.16. The number of benzene rings is 1. The maximum Gasteiger partial charge on any atom is 0.163 e. The molecule has 112 valence electrons. The average molecular weight is 277 g/mol. The molecule has 1 unspecified atom stereocenters. The van der Waals surface area contributed by atoms with E-state index >= 15 is 0 Å². The van der Waals surface area contributed by atoms with E-state index in [0.29, 0.717) is 31.4 Å². The highest BCUT2D eigenvalue weighted by atomic mass is 16.5. The number of ether oxygens (including phenoxy) is 1. The molecule has 0 spiro atoms. The van der Waals surface area contributed by atoms with Crippen molar-refractivity contribution >= 4 is 5.78 Å². The first kappa shape index (κ1) is 16.7. The van der Waals surface area contributed by atoms with Gasteiger partial charge in [0.1, 0.15) is 5.75 Å². The average Bonchev–Trinajstić information content (AvgIpc) is 2.43. The molecule has 3 heteroatoms. The molecule has 0 heterocycles. The molecule has 0 aliphatic heterocycles. The minimum Gasteiger partial charge on any atom is -0.494 e. The molecule has 1 aromatic rings. The first-order valence-electron chi connectivity index (χ1n) is 7.54. The van der Waals surface area contributed by atoms with Gasteiger partial charge in [-0.25, -0.2) is 0 Å². The molecule has 3 nitrogen and oxygen atoms in total. The monoisotopic (exact) mass is 277 g/mol. The fraction of sp³-hybridized carbons (Fsp3) is 0.588. The van der Waals surface area contributed by atoms with Gasteiger partial charge in [-0.05, 0) is 50.3 Å². The van der Waals surface area contributed by atoms with Crippen LogP contribution in [0.3, 0.4) is 0 Å². The van der Waals surface area contributed by atoms with E-state index in [1.54, 1.807) is 0 Å². The number of carbonyl (C=O) groups excluding carboxylic acids is 1. The normalized spacial score (nSPS) is 12.4. The Balaban J connectivity index is 2.59. The Labute approximate surface area is 122 Å². The standard InChI is InChI=1S/C17H27NO2/c1-4-20-16-7-5-6-15(12-16)17(19)9-8-14(10-11-18)13(2)3/h5-7,12-14H,4,8-11,18H2,1-3H3. The zero-order valence-corrected chi connectivity index (χ0v) is 12.9. The quantitative estimate of drug-likeness (QED) is 0.701. The molecular formula is C17H27NO2. The summed E-state index contributed by atoms with van der Waals surface area (Å²) in [7, 11) is 0. The number of nitrogens with two attached hydrogens (primary N) is 1. The fourth-order valence-corrected chi connectivity index (χ4v) is 2.41. The molecule has 0 saturated carbocycles. The summed E-state index contributed by atoms with van der Waals surface area (Å²) in [5.74, 6) is 2.05. The minimum atomic E-state index is 0.189. The highest BCUT2D eigenvalue weighted by Gasteiger charge is 2.15. The van der Waals surface area contributed by atoms with Gasteiger partial charge in [-0.3, -0.25) is 4.79 Å². The topological polar surface area (TPSA) is 52.3 Å². The second kappa shape index (κ2) is 8.75. The number of hydrogen-bond acceptors (Lipinski definition) is 3. The van der Waals surface area contributed by atoms with Crippen LogP contribution >= 0.6 is 0 Å². The zero-order valence-electron chi connectivity index (χ0n) is 12.9. The predicted octanol–water partition coefficient (Wildman–Crippen LogP) is 3.67. The van der Waals surface area contributed by atoms with Crippen molar-refractivity contribution in [3.8, 4) is 5.75 Å². The summed E-state index contributed by atoms with van der Waals surface area (Å²) in [5, 5.41) is 0. The molecule has 20 heavy (non-hydrogen) atoms. The van der Waals surface area contributed by atoms with Gasteiger partial charge in [-0.2, -0.15) is 0 Å². The van der Waals surface area contributed by atoms with Crippen LogP contribution in [0.1, 0.15) is 50.4 Å². The van der Waals surface area contributed by atoms with Crippen LogP contribution in [0.25, 0.3) is 0 Å². The second-order valence-electron chi connectivity index (χ2n) is 5.50. The van der Waals surface area contributed by atoms with Crippen molar-refractivity contribution in [1.82, 2.24) is 0 Å². The Morgan fingerprint density at radius 1 is 1.30 bits per heavy atom. The van der Waals surface area contributed by atoms with Crippen LogP contribution in [-0.2, 0) is 0 Å². The molecule has 0 fully saturated rings. The van der Waals surface area contributed by atoms with Crippen molar-refractivity contribution in [2.45, 2.75) is 40.0 Å². The van der Waals surface area contributed by atoms with Gasteiger partial charge in [0.2, 0.25) is 0 Å². The van der Waals surface area contributed by atoms with E-state index in [1.165, 1.54) is 0 Å². The molecule has 1 aromatic carbocycles. The van der Waals surface area contributed by atoms with Gasteiger partial charge in [0.15, 0.2) is 5.78 Å². The molecule has 0 bridgehead atoms. The Morgan fingerprint density at radius 3 is 2.65 bits per heavy atom. The fourth-order valence-electron chi connectivity index (χ4n) is 2.41. The minimum absolute atomic E-state index is 0.189. The van der Waals surface area contributed by atoms with Crippen LogP contribution in [0.5, 0.6) is 5.75 Å². The van der Waals surface area contributed by atoms with Crippen LogP contribution in [0.4, 0.5) is 0 Å². The summed E-state index contributed by atoms with van der Waals surface area (Å²) < 4.78 is 5.43. The summed E-state index contributed by atoms with van der Waals surface area (Å²) in [4.78, 5) is 12.2. The third-order valence-corrected chi connectivity index (χ3v) is 3.69. The maximum atomic E-state index is 12.2.